The zero-order valence-electron chi connectivity index (χ0n) is 8.97. The van der Waals surface area contributed by atoms with Crippen LogP contribution in [-0.4, -0.2) is 20.3 Å². The van der Waals surface area contributed by atoms with Gasteiger partial charge in [0.2, 0.25) is 5.82 Å². The van der Waals surface area contributed by atoms with Crippen molar-refractivity contribution in [1.29, 1.82) is 0 Å². The molecule has 3 N–H and O–H groups in total. The van der Waals surface area contributed by atoms with Crippen molar-refractivity contribution < 1.29 is 4.52 Å². The molecule has 0 radical (unpaired) electrons. The van der Waals surface area contributed by atoms with Crippen LogP contribution in [0.25, 0.3) is 22.8 Å². The molecule has 0 spiro atoms. The van der Waals surface area contributed by atoms with Gasteiger partial charge < -0.3 is 10.3 Å². The Morgan fingerprint density at radius 3 is 2.88 bits per heavy atom. The third-order valence-electron chi connectivity index (χ3n) is 2.42. The molecule has 0 aromatic carbocycles. The van der Waals surface area contributed by atoms with Gasteiger partial charge >= 0.3 is 0 Å². The topological polar surface area (TPSA) is 93.6 Å². The van der Waals surface area contributed by atoms with Gasteiger partial charge in [0, 0.05) is 10.9 Å². The molecule has 3 aromatic rings. The van der Waals surface area contributed by atoms with Crippen LogP contribution in [0.1, 0.15) is 5.56 Å². The highest BCUT2D eigenvalue weighted by Gasteiger charge is 2.15. The number of H-pyrrole nitrogens is 1. The van der Waals surface area contributed by atoms with Gasteiger partial charge in [-0.3, -0.25) is 5.10 Å². The van der Waals surface area contributed by atoms with Gasteiger partial charge in [-0.25, -0.2) is 0 Å². The quantitative estimate of drug-likeness (QED) is 0.723. The molecule has 86 valence electrons. The van der Waals surface area contributed by atoms with Gasteiger partial charge in [-0.05, 0) is 17.9 Å². The maximum atomic E-state index is 5.69. The predicted molar refractivity (Wildman–Crippen MR) is 64.3 cm³/mol. The summed E-state index contributed by atoms with van der Waals surface area (Å²) in [5.74, 6) is 1.36. The van der Waals surface area contributed by atoms with Gasteiger partial charge in [-0.1, -0.05) is 5.16 Å². The molecule has 0 aliphatic rings. The van der Waals surface area contributed by atoms with Crippen LogP contribution in [0.5, 0.6) is 0 Å². The standard InChI is InChI=1S/C10H9N5OS/c1-5-3-17-4-7(5)9-13-10(16-15-9)6-2-12-14-8(6)11/h2-4H,1H3,(H3,11,12,14). The molecule has 0 amide bonds. The maximum Gasteiger partial charge on any atom is 0.263 e. The minimum Gasteiger partial charge on any atom is -0.383 e. The van der Waals surface area contributed by atoms with Gasteiger partial charge in [0.25, 0.3) is 5.89 Å². The molecule has 0 saturated carbocycles. The average molecular weight is 247 g/mol. The van der Waals surface area contributed by atoms with Gasteiger partial charge in [0.05, 0.1) is 6.20 Å². The Hall–Kier alpha value is -2.15. The zero-order chi connectivity index (χ0) is 11.8. The first-order valence-corrected chi connectivity index (χ1v) is 5.86. The molecule has 6 nitrogen and oxygen atoms in total. The molecule has 7 heteroatoms. The largest absolute Gasteiger partial charge is 0.383 e. The molecule has 3 aromatic heterocycles. The number of aromatic amines is 1. The predicted octanol–water partition coefficient (Wildman–Crippen LogP) is 2.08. The average Bonchev–Trinajstić information content (AvgIpc) is 2.97. The van der Waals surface area contributed by atoms with Crippen molar-refractivity contribution >= 4 is 17.2 Å². The van der Waals surface area contributed by atoms with Crippen LogP contribution in [0.4, 0.5) is 5.82 Å². The summed E-state index contributed by atoms with van der Waals surface area (Å²) in [6.07, 6.45) is 1.56. The first-order valence-electron chi connectivity index (χ1n) is 4.92. The fourth-order valence-corrected chi connectivity index (χ4v) is 2.32. The summed E-state index contributed by atoms with van der Waals surface area (Å²) in [5.41, 5.74) is 8.41. The fourth-order valence-electron chi connectivity index (χ4n) is 1.50. The van der Waals surface area contributed by atoms with Crippen LogP contribution in [0.2, 0.25) is 0 Å². The first-order chi connectivity index (χ1) is 8.25. The summed E-state index contributed by atoms with van der Waals surface area (Å²) in [6.45, 7) is 2.01. The van der Waals surface area contributed by atoms with E-state index in [0.29, 0.717) is 23.1 Å². The van der Waals surface area contributed by atoms with E-state index in [2.05, 4.69) is 20.3 Å². The number of nitrogens with zero attached hydrogens (tertiary/aromatic N) is 3. The SMILES string of the molecule is Cc1cscc1-c1noc(-c2cn[nH]c2N)n1. The lowest BCUT2D eigenvalue weighted by Gasteiger charge is -1.89. The highest BCUT2D eigenvalue weighted by Crippen LogP contribution is 2.28. The maximum absolute atomic E-state index is 5.69. The molecule has 0 unspecified atom stereocenters. The highest BCUT2D eigenvalue weighted by atomic mass is 32.1. The van der Waals surface area contributed by atoms with Gasteiger partial charge in [-0.2, -0.15) is 21.4 Å². The van der Waals surface area contributed by atoms with Crippen LogP contribution < -0.4 is 5.73 Å². The number of nitrogen functional groups attached to an aromatic ring is 1. The molecule has 0 aliphatic heterocycles. The van der Waals surface area contributed by atoms with Crippen molar-refractivity contribution in [2.24, 2.45) is 0 Å². The monoisotopic (exact) mass is 247 g/mol. The smallest absolute Gasteiger partial charge is 0.263 e. The molecular weight excluding hydrogens is 238 g/mol. The minimum absolute atomic E-state index is 0.372. The number of hydrogen-bond donors (Lipinski definition) is 2. The molecule has 0 saturated heterocycles. The summed E-state index contributed by atoms with van der Waals surface area (Å²) in [7, 11) is 0. The van der Waals surface area contributed by atoms with E-state index in [1.807, 2.05) is 17.7 Å². The van der Waals surface area contributed by atoms with Crippen molar-refractivity contribution in [3.05, 3.63) is 22.5 Å². The van der Waals surface area contributed by atoms with Crippen molar-refractivity contribution in [2.45, 2.75) is 6.92 Å². The van der Waals surface area contributed by atoms with E-state index in [0.717, 1.165) is 11.1 Å². The molecule has 3 heterocycles. The van der Waals surface area contributed by atoms with Gasteiger partial charge in [0.1, 0.15) is 11.4 Å². The zero-order valence-corrected chi connectivity index (χ0v) is 9.78. The van der Waals surface area contributed by atoms with Crippen LogP contribution >= 0.6 is 11.3 Å². The third kappa shape index (κ3) is 1.60. The van der Waals surface area contributed by atoms with E-state index in [4.69, 9.17) is 10.3 Å². The number of anilines is 1. The first kappa shape index (κ1) is 10.0. The molecule has 0 aliphatic carbocycles. The summed E-state index contributed by atoms with van der Waals surface area (Å²) in [4.78, 5) is 4.31. The Balaban J connectivity index is 2.05. The molecular formula is C10H9N5OS. The third-order valence-corrected chi connectivity index (χ3v) is 3.28. The number of aromatic nitrogens is 4. The lowest BCUT2D eigenvalue weighted by molar-refractivity contribution is 0.432. The van der Waals surface area contributed by atoms with Crippen molar-refractivity contribution in [2.75, 3.05) is 5.73 Å². The van der Waals surface area contributed by atoms with E-state index in [-0.39, 0.29) is 0 Å². The summed E-state index contributed by atoms with van der Waals surface area (Å²) in [6, 6.07) is 0. The number of aryl methyl sites for hydroxylation is 1. The second-order valence-electron chi connectivity index (χ2n) is 3.59. The number of hydrogen-bond acceptors (Lipinski definition) is 6. The summed E-state index contributed by atoms with van der Waals surface area (Å²) >= 11 is 1.61. The second-order valence-corrected chi connectivity index (χ2v) is 4.33. The molecule has 0 atom stereocenters. The summed E-state index contributed by atoms with van der Waals surface area (Å²) < 4.78 is 5.17. The normalized spacial score (nSPS) is 10.9. The number of nitrogens with one attached hydrogen (secondary N) is 1. The second kappa shape index (κ2) is 3.70. The Labute approximate surface area is 100 Å². The minimum atomic E-state index is 0.372. The van der Waals surface area contributed by atoms with Crippen LogP contribution in [-0.2, 0) is 0 Å². The Morgan fingerprint density at radius 2 is 2.24 bits per heavy atom. The van der Waals surface area contributed by atoms with E-state index in [1.54, 1.807) is 17.5 Å². The molecule has 0 bridgehead atoms. The Kier molecular flexibility index (Phi) is 2.19. The Bertz CT molecular complexity index is 598. The van der Waals surface area contributed by atoms with Crippen molar-refractivity contribution in [1.82, 2.24) is 20.3 Å². The van der Waals surface area contributed by atoms with Crippen molar-refractivity contribution in [3.63, 3.8) is 0 Å². The van der Waals surface area contributed by atoms with E-state index >= 15 is 0 Å². The molecule has 17 heavy (non-hydrogen) atoms. The lowest BCUT2D eigenvalue weighted by atomic mass is 10.2. The highest BCUT2D eigenvalue weighted by molar-refractivity contribution is 7.08. The number of rotatable bonds is 2. The van der Waals surface area contributed by atoms with E-state index < -0.39 is 0 Å². The van der Waals surface area contributed by atoms with E-state index in [9.17, 15) is 0 Å². The lowest BCUT2D eigenvalue weighted by Crippen LogP contribution is -1.87. The van der Waals surface area contributed by atoms with Gasteiger partial charge in [-0.15, -0.1) is 0 Å². The molecule has 0 fully saturated rings. The summed E-state index contributed by atoms with van der Waals surface area (Å²) in [5, 5.41) is 14.4. The molecule has 3 rings (SSSR count). The fraction of sp³-hybridized carbons (Fsp3) is 0.100. The Morgan fingerprint density at radius 1 is 1.35 bits per heavy atom. The van der Waals surface area contributed by atoms with Crippen LogP contribution in [0.3, 0.4) is 0 Å². The van der Waals surface area contributed by atoms with Crippen molar-refractivity contribution in [3.8, 4) is 22.8 Å². The van der Waals surface area contributed by atoms with Gasteiger partial charge in [0.15, 0.2) is 0 Å². The van der Waals surface area contributed by atoms with E-state index in [1.165, 1.54) is 0 Å². The number of thiophene rings is 1. The van der Waals surface area contributed by atoms with Crippen LogP contribution in [0, 0.1) is 6.92 Å². The number of nitrogens with two attached hydrogens (primary N) is 1. The van der Waals surface area contributed by atoms with Crippen LogP contribution in [0.15, 0.2) is 21.5 Å².